The molecular weight excluding hydrogens is 216 g/mol. The zero-order chi connectivity index (χ0) is 12.0. The number of rotatable bonds is 6. The fourth-order valence-electron chi connectivity index (χ4n) is 1.65. The molecule has 1 atom stereocenters. The summed E-state index contributed by atoms with van der Waals surface area (Å²) in [6, 6.07) is 0.423. The lowest BCUT2D eigenvalue weighted by Gasteiger charge is -2.14. The molecule has 0 spiro atoms. The molecule has 0 saturated carbocycles. The molecule has 90 valence electrons. The van der Waals surface area contributed by atoms with Gasteiger partial charge in [-0.1, -0.05) is 18.6 Å². The summed E-state index contributed by atoms with van der Waals surface area (Å²) in [7, 11) is 0. The summed E-state index contributed by atoms with van der Waals surface area (Å²) in [5.74, 6) is 0. The smallest absolute Gasteiger partial charge is 0.0897 e. The lowest BCUT2D eigenvalue weighted by Crippen LogP contribution is -2.30. The minimum absolute atomic E-state index is 0.423. The van der Waals surface area contributed by atoms with Crippen LogP contribution < -0.4 is 5.32 Å². The number of allylic oxidation sites excluding steroid dienone is 1. The Morgan fingerprint density at radius 1 is 1.56 bits per heavy atom. The van der Waals surface area contributed by atoms with Crippen molar-refractivity contribution in [2.24, 2.45) is 0 Å². The van der Waals surface area contributed by atoms with Crippen molar-refractivity contribution in [1.29, 1.82) is 0 Å². The highest BCUT2D eigenvalue weighted by atomic mass is 32.1. The zero-order valence-corrected chi connectivity index (χ0v) is 11.5. The van der Waals surface area contributed by atoms with Gasteiger partial charge >= 0.3 is 0 Å². The van der Waals surface area contributed by atoms with Gasteiger partial charge in [-0.2, -0.15) is 0 Å². The van der Waals surface area contributed by atoms with Crippen molar-refractivity contribution in [3.05, 3.63) is 27.7 Å². The molecule has 0 radical (unpaired) electrons. The topological polar surface area (TPSA) is 24.9 Å². The largest absolute Gasteiger partial charge is 0.310 e. The van der Waals surface area contributed by atoms with E-state index in [4.69, 9.17) is 0 Å². The van der Waals surface area contributed by atoms with Crippen LogP contribution in [0.3, 0.4) is 0 Å². The number of nitrogens with one attached hydrogen (secondary N) is 1. The van der Waals surface area contributed by atoms with E-state index in [0.29, 0.717) is 6.04 Å². The molecule has 0 aliphatic heterocycles. The molecule has 0 saturated heterocycles. The van der Waals surface area contributed by atoms with Crippen LogP contribution in [0.15, 0.2) is 17.0 Å². The molecule has 0 amide bonds. The van der Waals surface area contributed by atoms with Gasteiger partial charge < -0.3 is 5.32 Å². The third-order valence-corrected chi connectivity index (χ3v) is 3.11. The molecule has 0 aromatic carbocycles. The van der Waals surface area contributed by atoms with E-state index >= 15 is 0 Å². The van der Waals surface area contributed by atoms with E-state index in [1.54, 1.807) is 11.3 Å². The van der Waals surface area contributed by atoms with Gasteiger partial charge in [0, 0.05) is 17.8 Å². The van der Waals surface area contributed by atoms with Crippen LogP contribution in [-0.2, 0) is 6.42 Å². The van der Waals surface area contributed by atoms with Gasteiger partial charge in [-0.3, -0.25) is 0 Å². The third kappa shape index (κ3) is 4.90. The van der Waals surface area contributed by atoms with E-state index < -0.39 is 0 Å². The second kappa shape index (κ2) is 6.81. The van der Waals surface area contributed by atoms with Crippen LogP contribution in [0.5, 0.6) is 0 Å². The molecule has 1 unspecified atom stereocenters. The van der Waals surface area contributed by atoms with Crippen LogP contribution in [0, 0.1) is 6.92 Å². The maximum atomic E-state index is 4.52. The van der Waals surface area contributed by atoms with Gasteiger partial charge in [-0.25, -0.2) is 4.98 Å². The first-order chi connectivity index (χ1) is 7.61. The second-order valence-corrected chi connectivity index (χ2v) is 5.43. The maximum absolute atomic E-state index is 4.52. The molecule has 0 fully saturated rings. The summed E-state index contributed by atoms with van der Waals surface area (Å²) in [4.78, 5) is 4.52. The monoisotopic (exact) mass is 238 g/mol. The van der Waals surface area contributed by atoms with Gasteiger partial charge in [0.1, 0.15) is 0 Å². The molecule has 1 aromatic rings. The Labute approximate surface area is 103 Å². The molecule has 2 nitrogen and oxygen atoms in total. The van der Waals surface area contributed by atoms with E-state index in [1.807, 2.05) is 0 Å². The van der Waals surface area contributed by atoms with Crippen LogP contribution in [-0.4, -0.2) is 17.6 Å². The van der Waals surface area contributed by atoms with Gasteiger partial charge in [0.25, 0.3) is 0 Å². The Kier molecular flexibility index (Phi) is 5.71. The van der Waals surface area contributed by atoms with E-state index in [-0.39, 0.29) is 0 Å². The molecule has 3 heteroatoms. The van der Waals surface area contributed by atoms with Crippen molar-refractivity contribution in [2.75, 3.05) is 6.54 Å². The number of hydrogen-bond acceptors (Lipinski definition) is 3. The normalized spacial score (nSPS) is 12.5. The SMILES string of the molecule is CCCNC(C=C(C)C)Cc1csc(C)n1. The van der Waals surface area contributed by atoms with Crippen LogP contribution in [0.2, 0.25) is 0 Å². The predicted molar refractivity (Wildman–Crippen MR) is 72.1 cm³/mol. The minimum Gasteiger partial charge on any atom is -0.310 e. The molecule has 1 rings (SSSR count). The predicted octanol–water partition coefficient (Wildman–Crippen LogP) is 3.33. The second-order valence-electron chi connectivity index (χ2n) is 4.37. The molecule has 0 aliphatic carbocycles. The van der Waals surface area contributed by atoms with Gasteiger partial charge in [0.15, 0.2) is 0 Å². The van der Waals surface area contributed by atoms with Crippen molar-refractivity contribution >= 4 is 11.3 Å². The fourth-order valence-corrected chi connectivity index (χ4v) is 2.27. The quantitative estimate of drug-likeness (QED) is 0.769. The third-order valence-electron chi connectivity index (χ3n) is 2.29. The van der Waals surface area contributed by atoms with Crippen molar-refractivity contribution in [3.63, 3.8) is 0 Å². The summed E-state index contributed by atoms with van der Waals surface area (Å²) < 4.78 is 0. The van der Waals surface area contributed by atoms with E-state index in [9.17, 15) is 0 Å². The summed E-state index contributed by atoms with van der Waals surface area (Å²) >= 11 is 1.73. The van der Waals surface area contributed by atoms with Gasteiger partial charge in [-0.15, -0.1) is 11.3 Å². The maximum Gasteiger partial charge on any atom is 0.0897 e. The van der Waals surface area contributed by atoms with E-state index in [1.165, 1.54) is 17.7 Å². The molecule has 1 aromatic heterocycles. The van der Waals surface area contributed by atoms with Crippen LogP contribution in [0.4, 0.5) is 0 Å². The number of nitrogens with zero attached hydrogens (tertiary/aromatic N) is 1. The van der Waals surface area contributed by atoms with E-state index in [0.717, 1.165) is 18.0 Å². The summed E-state index contributed by atoms with van der Waals surface area (Å²) in [5.41, 5.74) is 2.56. The van der Waals surface area contributed by atoms with Crippen molar-refractivity contribution in [3.8, 4) is 0 Å². The highest BCUT2D eigenvalue weighted by Gasteiger charge is 2.07. The van der Waals surface area contributed by atoms with Crippen LogP contribution in [0.25, 0.3) is 0 Å². The van der Waals surface area contributed by atoms with E-state index in [2.05, 4.69) is 49.5 Å². The molecule has 1 N–H and O–H groups in total. The molecular formula is C13H22N2S. The molecule has 16 heavy (non-hydrogen) atoms. The molecule has 1 heterocycles. The summed E-state index contributed by atoms with van der Waals surface area (Å²) in [6.07, 6.45) is 4.46. The Bertz CT molecular complexity index is 337. The fraction of sp³-hybridized carbons (Fsp3) is 0.615. The van der Waals surface area contributed by atoms with Crippen LogP contribution in [0.1, 0.15) is 37.9 Å². The lowest BCUT2D eigenvalue weighted by atomic mass is 10.1. The summed E-state index contributed by atoms with van der Waals surface area (Å²) in [5, 5.41) is 6.86. The van der Waals surface area contributed by atoms with Crippen molar-refractivity contribution in [1.82, 2.24) is 10.3 Å². The first kappa shape index (κ1) is 13.4. The average molecular weight is 238 g/mol. The highest BCUT2D eigenvalue weighted by molar-refractivity contribution is 7.09. The first-order valence-corrected chi connectivity index (χ1v) is 6.79. The van der Waals surface area contributed by atoms with Crippen molar-refractivity contribution < 1.29 is 0 Å². The Morgan fingerprint density at radius 2 is 2.31 bits per heavy atom. The van der Waals surface area contributed by atoms with Gasteiger partial charge in [-0.05, 0) is 33.7 Å². The number of aryl methyl sites for hydroxylation is 1. The van der Waals surface area contributed by atoms with Crippen LogP contribution >= 0.6 is 11.3 Å². The standard InChI is InChI=1S/C13H22N2S/c1-5-6-14-12(7-10(2)3)8-13-9-16-11(4)15-13/h7,9,12,14H,5-6,8H2,1-4H3. The Morgan fingerprint density at radius 3 is 2.81 bits per heavy atom. The number of thiazole rings is 1. The zero-order valence-electron chi connectivity index (χ0n) is 10.7. The molecule has 0 bridgehead atoms. The van der Waals surface area contributed by atoms with Gasteiger partial charge in [0.05, 0.1) is 10.7 Å². The highest BCUT2D eigenvalue weighted by Crippen LogP contribution is 2.11. The Hall–Kier alpha value is -0.670. The number of aromatic nitrogens is 1. The first-order valence-electron chi connectivity index (χ1n) is 5.91. The lowest BCUT2D eigenvalue weighted by molar-refractivity contribution is 0.578. The minimum atomic E-state index is 0.423. The molecule has 0 aliphatic rings. The Balaban J connectivity index is 2.59. The number of hydrogen-bond donors (Lipinski definition) is 1. The van der Waals surface area contributed by atoms with Crippen molar-refractivity contribution in [2.45, 2.75) is 46.6 Å². The van der Waals surface area contributed by atoms with Gasteiger partial charge in [0.2, 0.25) is 0 Å². The average Bonchev–Trinajstić information content (AvgIpc) is 2.59. The summed E-state index contributed by atoms with van der Waals surface area (Å²) in [6.45, 7) is 9.61.